The molecular weight excluding hydrogens is 424 g/mol. The molecule has 3 N–H and O–H groups in total. The summed E-state index contributed by atoms with van der Waals surface area (Å²) in [6.45, 7) is 0. The summed E-state index contributed by atoms with van der Waals surface area (Å²) in [7, 11) is 0. The van der Waals surface area contributed by atoms with Crippen LogP contribution in [0.1, 0.15) is 5.56 Å². The van der Waals surface area contributed by atoms with Crippen molar-refractivity contribution in [3.8, 4) is 0 Å². The number of benzene rings is 2. The standard InChI is InChI=1S/C27H22N6O/c28-26(34)20-13-8-6-4-2-1-3-5-7-11-18-29-33-32-27-24-22(16-12-15-20)19-21-14-9-10-17-23(21)25(24)30-31-27/h1-19H,(H2,28,34)(H,30,31). The molecule has 1 aliphatic heterocycles. The van der Waals surface area contributed by atoms with Gasteiger partial charge in [0.15, 0.2) is 0 Å². The third-order valence-electron chi connectivity index (χ3n) is 4.92. The third kappa shape index (κ3) is 5.46. The number of nitrogens with one attached hydrogen (secondary N) is 1. The predicted molar refractivity (Wildman–Crippen MR) is 139 cm³/mol. The molecule has 34 heavy (non-hydrogen) atoms. The molecule has 0 unspecified atom stereocenters. The van der Waals surface area contributed by atoms with Gasteiger partial charge in [-0.3, -0.25) is 9.89 Å². The molecule has 7 heteroatoms. The summed E-state index contributed by atoms with van der Waals surface area (Å²) in [5, 5.41) is 22.3. The van der Waals surface area contributed by atoms with E-state index in [4.69, 9.17) is 5.73 Å². The van der Waals surface area contributed by atoms with E-state index >= 15 is 0 Å². The van der Waals surface area contributed by atoms with Gasteiger partial charge in [-0.05, 0) is 40.5 Å². The minimum Gasteiger partial charge on any atom is -0.366 e. The number of nitrogens with zero attached hydrogens (tertiary/aromatic N) is 4. The molecule has 1 amide bonds. The molecule has 2 heterocycles. The SMILES string of the molecule is NC(=O)C1=CC=Cc2cc3ccccc3c3[nH]nc(c23)N=NN=CC=CC=CC=CC=CC=C1. The molecule has 0 bridgehead atoms. The predicted octanol–water partition coefficient (Wildman–Crippen LogP) is 6.01. The van der Waals surface area contributed by atoms with Gasteiger partial charge in [-0.15, -0.1) is 10.2 Å². The number of carbonyl (C=O) groups is 1. The third-order valence-corrected chi connectivity index (χ3v) is 4.92. The van der Waals surface area contributed by atoms with Gasteiger partial charge in [-0.25, -0.2) is 0 Å². The minimum absolute atomic E-state index is 0.374. The molecule has 1 aliphatic rings. The molecule has 7 nitrogen and oxygen atoms in total. The number of nitrogens with two attached hydrogens (primary N) is 1. The van der Waals surface area contributed by atoms with Crippen LogP contribution >= 0.6 is 0 Å². The largest absolute Gasteiger partial charge is 0.366 e. The van der Waals surface area contributed by atoms with Crippen LogP contribution in [0.2, 0.25) is 0 Å². The number of aromatic nitrogens is 2. The molecule has 166 valence electrons. The number of aromatic amines is 1. The Morgan fingerprint density at radius 3 is 2.38 bits per heavy atom. The summed E-state index contributed by atoms with van der Waals surface area (Å²) >= 11 is 0. The van der Waals surface area contributed by atoms with E-state index in [1.807, 2.05) is 78.9 Å². The zero-order valence-corrected chi connectivity index (χ0v) is 18.2. The zero-order valence-electron chi connectivity index (χ0n) is 18.2. The van der Waals surface area contributed by atoms with Gasteiger partial charge in [0.2, 0.25) is 11.7 Å². The van der Waals surface area contributed by atoms with Crippen molar-refractivity contribution in [1.82, 2.24) is 10.2 Å². The number of hydrogen-bond donors (Lipinski definition) is 2. The van der Waals surface area contributed by atoms with Crippen molar-refractivity contribution in [2.75, 3.05) is 0 Å². The van der Waals surface area contributed by atoms with Crippen LogP contribution in [0.25, 0.3) is 27.8 Å². The molecule has 0 aliphatic carbocycles. The Hall–Kier alpha value is -4.91. The van der Waals surface area contributed by atoms with E-state index in [1.54, 1.807) is 36.6 Å². The molecule has 0 saturated heterocycles. The van der Waals surface area contributed by atoms with Gasteiger partial charge in [0.1, 0.15) is 0 Å². The lowest BCUT2D eigenvalue weighted by Crippen LogP contribution is -2.12. The van der Waals surface area contributed by atoms with Gasteiger partial charge in [0, 0.05) is 11.0 Å². The maximum absolute atomic E-state index is 11.9. The monoisotopic (exact) mass is 446 g/mol. The fourth-order valence-electron chi connectivity index (χ4n) is 3.36. The highest BCUT2D eigenvalue weighted by Crippen LogP contribution is 2.34. The summed E-state index contributed by atoms with van der Waals surface area (Å²) in [5.41, 5.74) is 7.63. The van der Waals surface area contributed by atoms with Crippen molar-refractivity contribution in [3.05, 3.63) is 114 Å². The summed E-state index contributed by atoms with van der Waals surface area (Å²) in [5.74, 6) is -0.0983. The number of allylic oxidation sites excluding steroid dienone is 11. The van der Waals surface area contributed by atoms with Crippen molar-refractivity contribution in [1.29, 1.82) is 0 Å². The van der Waals surface area contributed by atoms with Crippen LogP contribution in [0.4, 0.5) is 5.82 Å². The number of primary amides is 1. The second kappa shape index (κ2) is 11.1. The second-order valence-corrected chi connectivity index (χ2v) is 7.18. The number of fused-ring (bicyclic) bond motifs is 2. The number of hydrogen-bond acceptors (Lipinski definition) is 5. The van der Waals surface area contributed by atoms with Crippen molar-refractivity contribution in [3.63, 3.8) is 0 Å². The van der Waals surface area contributed by atoms with Crippen LogP contribution in [0.15, 0.2) is 124 Å². The van der Waals surface area contributed by atoms with Gasteiger partial charge in [0.25, 0.3) is 0 Å². The smallest absolute Gasteiger partial charge is 0.248 e. The molecule has 0 spiro atoms. The van der Waals surface area contributed by atoms with Gasteiger partial charge >= 0.3 is 0 Å². The average Bonchev–Trinajstić information content (AvgIpc) is 3.27. The molecule has 0 saturated carbocycles. The Balaban J connectivity index is 1.84. The molecule has 0 radical (unpaired) electrons. The summed E-state index contributed by atoms with van der Waals surface area (Å²) < 4.78 is 0. The topological polar surface area (TPSA) is 109 Å². The van der Waals surface area contributed by atoms with Gasteiger partial charge in [-0.2, -0.15) is 5.10 Å². The quantitative estimate of drug-likeness (QED) is 0.478. The first-order valence-corrected chi connectivity index (χ1v) is 10.6. The van der Waals surface area contributed by atoms with Gasteiger partial charge < -0.3 is 5.73 Å². The van der Waals surface area contributed by atoms with Crippen LogP contribution < -0.4 is 5.73 Å². The number of amides is 1. The first-order valence-electron chi connectivity index (χ1n) is 10.6. The first-order chi connectivity index (χ1) is 16.7. The molecule has 0 atom stereocenters. The lowest BCUT2D eigenvalue weighted by atomic mass is 10.0. The van der Waals surface area contributed by atoms with E-state index in [0.717, 1.165) is 27.2 Å². The van der Waals surface area contributed by atoms with Crippen molar-refractivity contribution in [2.45, 2.75) is 0 Å². The summed E-state index contributed by atoms with van der Waals surface area (Å²) in [6, 6.07) is 10.0. The van der Waals surface area contributed by atoms with E-state index in [-0.39, 0.29) is 0 Å². The Kier molecular flexibility index (Phi) is 7.28. The van der Waals surface area contributed by atoms with Crippen LogP contribution in [0, 0.1) is 0 Å². The fourth-order valence-corrected chi connectivity index (χ4v) is 3.36. The molecule has 3 aromatic rings. The second-order valence-electron chi connectivity index (χ2n) is 7.18. The van der Waals surface area contributed by atoms with E-state index in [1.165, 1.54) is 0 Å². The van der Waals surface area contributed by atoms with Crippen molar-refractivity contribution < 1.29 is 4.79 Å². The maximum atomic E-state index is 11.9. The highest BCUT2D eigenvalue weighted by Gasteiger charge is 2.12. The van der Waals surface area contributed by atoms with Crippen LogP contribution in [-0.4, -0.2) is 22.3 Å². The highest BCUT2D eigenvalue weighted by molar-refractivity contribution is 6.12. The molecule has 4 rings (SSSR count). The van der Waals surface area contributed by atoms with Crippen LogP contribution in [0.3, 0.4) is 0 Å². The fraction of sp³-hybridized carbons (Fsp3) is 0. The highest BCUT2D eigenvalue weighted by atomic mass is 16.1. The van der Waals surface area contributed by atoms with Gasteiger partial charge in [0.05, 0.1) is 17.1 Å². The molecule has 0 fully saturated rings. The van der Waals surface area contributed by atoms with E-state index in [0.29, 0.717) is 11.4 Å². The number of H-pyrrole nitrogens is 1. The summed E-state index contributed by atoms with van der Waals surface area (Å²) in [6.07, 6.45) is 25.1. The normalized spacial score (nSPS) is 14.5. The van der Waals surface area contributed by atoms with E-state index in [9.17, 15) is 4.79 Å². The number of rotatable bonds is 1. The lowest BCUT2D eigenvalue weighted by molar-refractivity contribution is -0.114. The lowest BCUT2D eigenvalue weighted by Gasteiger charge is -2.03. The van der Waals surface area contributed by atoms with E-state index in [2.05, 4.69) is 25.6 Å². The maximum Gasteiger partial charge on any atom is 0.248 e. The number of carbonyl (C=O) groups excluding carboxylic acids is 1. The Morgan fingerprint density at radius 1 is 0.853 bits per heavy atom. The zero-order chi connectivity index (χ0) is 23.6. The van der Waals surface area contributed by atoms with Crippen molar-refractivity contribution in [2.24, 2.45) is 21.2 Å². The molecule has 1 aromatic heterocycles. The first kappa shape index (κ1) is 22.3. The van der Waals surface area contributed by atoms with Crippen LogP contribution in [0.5, 0.6) is 0 Å². The Morgan fingerprint density at radius 2 is 1.59 bits per heavy atom. The van der Waals surface area contributed by atoms with E-state index < -0.39 is 5.91 Å². The Bertz CT molecular complexity index is 1480. The van der Waals surface area contributed by atoms with Crippen LogP contribution in [-0.2, 0) is 4.79 Å². The Labute approximate surface area is 196 Å². The summed E-state index contributed by atoms with van der Waals surface area (Å²) in [4.78, 5) is 11.9. The average molecular weight is 447 g/mol. The minimum atomic E-state index is -0.516. The van der Waals surface area contributed by atoms with Gasteiger partial charge in [-0.1, -0.05) is 85.0 Å². The van der Waals surface area contributed by atoms with Crippen molar-refractivity contribution >= 4 is 45.7 Å². The molecule has 2 aromatic carbocycles. The molecular formula is C27H22N6O.